The van der Waals surface area contributed by atoms with Gasteiger partial charge < -0.3 is 4.57 Å². The number of allylic oxidation sites excluding steroid dienone is 1. The minimum atomic E-state index is -0.293. The predicted molar refractivity (Wildman–Crippen MR) is 76.0 cm³/mol. The van der Waals surface area contributed by atoms with Crippen LogP contribution in [0.15, 0.2) is 34.1 Å². The average molecular weight is 274 g/mol. The van der Waals surface area contributed by atoms with Crippen molar-refractivity contribution in [1.82, 2.24) is 18.7 Å². The van der Waals surface area contributed by atoms with Crippen molar-refractivity contribution < 1.29 is 0 Å². The van der Waals surface area contributed by atoms with Gasteiger partial charge >= 0.3 is 5.69 Å². The molecule has 1 aliphatic carbocycles. The van der Waals surface area contributed by atoms with Crippen LogP contribution < -0.4 is 11.2 Å². The third-order valence-electron chi connectivity index (χ3n) is 3.81. The van der Waals surface area contributed by atoms with Gasteiger partial charge in [-0.15, -0.1) is 5.10 Å². The van der Waals surface area contributed by atoms with Gasteiger partial charge in [-0.05, 0) is 19.8 Å². The molecule has 20 heavy (non-hydrogen) atoms. The zero-order valence-electron chi connectivity index (χ0n) is 11.6. The van der Waals surface area contributed by atoms with E-state index in [2.05, 4.69) is 11.7 Å². The van der Waals surface area contributed by atoms with Crippen LogP contribution >= 0.6 is 0 Å². The summed E-state index contributed by atoms with van der Waals surface area (Å²) in [5.41, 5.74) is 0.549. The van der Waals surface area contributed by atoms with Gasteiger partial charge in [-0.25, -0.2) is 13.9 Å². The maximum atomic E-state index is 12.5. The SMILES string of the molecule is C=C(C)Cn1nc2c(=O)n(C3CCCC3)ccn2c1=O. The minimum absolute atomic E-state index is 0.183. The molecule has 1 aliphatic rings. The Bertz CT molecular complexity index is 775. The lowest BCUT2D eigenvalue weighted by Gasteiger charge is -2.12. The van der Waals surface area contributed by atoms with Crippen molar-refractivity contribution >= 4 is 5.65 Å². The number of rotatable bonds is 3. The molecule has 2 aromatic heterocycles. The zero-order chi connectivity index (χ0) is 14.3. The fraction of sp³-hybridized carbons (Fsp3) is 0.500. The number of hydrogen-bond acceptors (Lipinski definition) is 3. The first-order valence-electron chi connectivity index (χ1n) is 6.92. The molecular formula is C14H18N4O2. The first-order chi connectivity index (χ1) is 9.58. The molecule has 2 heterocycles. The van der Waals surface area contributed by atoms with E-state index in [1.165, 1.54) is 9.08 Å². The second-order valence-electron chi connectivity index (χ2n) is 5.54. The van der Waals surface area contributed by atoms with Crippen LogP contribution in [0.2, 0.25) is 0 Å². The van der Waals surface area contributed by atoms with Crippen molar-refractivity contribution in [1.29, 1.82) is 0 Å². The molecule has 0 aliphatic heterocycles. The van der Waals surface area contributed by atoms with E-state index in [9.17, 15) is 9.59 Å². The molecule has 0 unspecified atom stereocenters. The van der Waals surface area contributed by atoms with Gasteiger partial charge in [0.2, 0.25) is 5.65 Å². The first kappa shape index (κ1) is 12.9. The summed E-state index contributed by atoms with van der Waals surface area (Å²) in [6, 6.07) is 0.244. The predicted octanol–water partition coefficient (Wildman–Crippen LogP) is 1.35. The highest BCUT2D eigenvalue weighted by Gasteiger charge is 2.20. The zero-order valence-corrected chi connectivity index (χ0v) is 11.6. The molecule has 0 N–H and O–H groups in total. The smallest absolute Gasteiger partial charge is 0.308 e. The Kier molecular flexibility index (Phi) is 3.08. The van der Waals surface area contributed by atoms with E-state index < -0.39 is 0 Å². The van der Waals surface area contributed by atoms with Crippen molar-refractivity contribution in [3.8, 4) is 0 Å². The minimum Gasteiger partial charge on any atom is -0.308 e. The number of aromatic nitrogens is 4. The molecule has 0 aromatic carbocycles. The van der Waals surface area contributed by atoms with Gasteiger partial charge in [0.05, 0.1) is 6.54 Å². The molecule has 106 valence electrons. The summed E-state index contributed by atoms with van der Waals surface area (Å²) >= 11 is 0. The summed E-state index contributed by atoms with van der Waals surface area (Å²) < 4.78 is 4.33. The van der Waals surface area contributed by atoms with E-state index in [4.69, 9.17) is 0 Å². The highest BCUT2D eigenvalue weighted by molar-refractivity contribution is 5.33. The number of nitrogens with zero attached hydrogens (tertiary/aromatic N) is 4. The molecule has 0 spiro atoms. The summed E-state index contributed by atoms with van der Waals surface area (Å²) in [6.07, 6.45) is 7.69. The molecular weight excluding hydrogens is 256 g/mol. The van der Waals surface area contributed by atoms with Crippen LogP contribution in [0, 0.1) is 0 Å². The second-order valence-corrected chi connectivity index (χ2v) is 5.54. The maximum absolute atomic E-state index is 12.5. The lowest BCUT2D eigenvalue weighted by atomic mass is 10.2. The molecule has 1 saturated carbocycles. The van der Waals surface area contributed by atoms with E-state index >= 15 is 0 Å². The molecule has 3 rings (SSSR count). The third kappa shape index (κ3) is 2.01. The Hall–Kier alpha value is -2.11. The van der Waals surface area contributed by atoms with Gasteiger partial charge in [0.1, 0.15) is 0 Å². The van der Waals surface area contributed by atoms with Crippen LogP contribution in [0.25, 0.3) is 5.65 Å². The van der Waals surface area contributed by atoms with Gasteiger partial charge in [0.25, 0.3) is 5.56 Å². The van der Waals surface area contributed by atoms with E-state index in [1.807, 2.05) is 6.92 Å². The standard InChI is InChI=1S/C14H18N4O2/c1-10(2)9-18-14(20)17-8-7-16(11-5-3-4-6-11)13(19)12(17)15-18/h7-8,11H,1,3-6,9H2,2H3. The summed E-state index contributed by atoms with van der Waals surface area (Å²) in [5.74, 6) is 0. The molecule has 0 atom stereocenters. The number of hydrogen-bond donors (Lipinski definition) is 0. The molecule has 6 heteroatoms. The van der Waals surface area contributed by atoms with Crippen LogP contribution in [-0.2, 0) is 6.54 Å². The Balaban J connectivity index is 2.15. The van der Waals surface area contributed by atoms with Crippen LogP contribution in [0.1, 0.15) is 38.6 Å². The maximum Gasteiger partial charge on any atom is 0.350 e. The van der Waals surface area contributed by atoms with Crippen LogP contribution in [-0.4, -0.2) is 18.7 Å². The molecule has 0 amide bonds. The van der Waals surface area contributed by atoms with Crippen molar-refractivity contribution in [3.05, 3.63) is 45.4 Å². The highest BCUT2D eigenvalue weighted by Crippen LogP contribution is 2.27. The summed E-state index contributed by atoms with van der Waals surface area (Å²) in [5, 5.41) is 4.16. The van der Waals surface area contributed by atoms with Gasteiger partial charge in [0, 0.05) is 18.4 Å². The highest BCUT2D eigenvalue weighted by atomic mass is 16.2. The van der Waals surface area contributed by atoms with E-state index in [-0.39, 0.29) is 22.9 Å². The fourth-order valence-corrected chi connectivity index (χ4v) is 2.85. The van der Waals surface area contributed by atoms with E-state index in [1.54, 1.807) is 17.0 Å². The Morgan fingerprint density at radius 2 is 2.05 bits per heavy atom. The topological polar surface area (TPSA) is 61.3 Å². The summed E-state index contributed by atoms with van der Waals surface area (Å²) in [6.45, 7) is 5.94. The molecule has 2 aromatic rings. The van der Waals surface area contributed by atoms with Gasteiger partial charge in [-0.1, -0.05) is 25.0 Å². The summed E-state index contributed by atoms with van der Waals surface area (Å²) in [4.78, 5) is 24.6. The Morgan fingerprint density at radius 3 is 2.70 bits per heavy atom. The summed E-state index contributed by atoms with van der Waals surface area (Å²) in [7, 11) is 0. The first-order valence-corrected chi connectivity index (χ1v) is 6.92. The van der Waals surface area contributed by atoms with Crippen molar-refractivity contribution in [2.24, 2.45) is 0 Å². The van der Waals surface area contributed by atoms with E-state index in [0.717, 1.165) is 31.3 Å². The van der Waals surface area contributed by atoms with Gasteiger partial charge in [-0.3, -0.25) is 4.79 Å². The Labute approximate surface area is 116 Å². The van der Waals surface area contributed by atoms with Crippen molar-refractivity contribution in [2.75, 3.05) is 0 Å². The largest absolute Gasteiger partial charge is 0.350 e. The number of fused-ring (bicyclic) bond motifs is 1. The average Bonchev–Trinajstić information content (AvgIpc) is 3.01. The lowest BCUT2D eigenvalue weighted by molar-refractivity contribution is 0.501. The van der Waals surface area contributed by atoms with E-state index in [0.29, 0.717) is 6.54 Å². The molecule has 0 bridgehead atoms. The van der Waals surface area contributed by atoms with Gasteiger partial charge in [0.15, 0.2) is 0 Å². The molecule has 0 saturated heterocycles. The normalized spacial score (nSPS) is 16.1. The Morgan fingerprint density at radius 1 is 1.35 bits per heavy atom. The third-order valence-corrected chi connectivity index (χ3v) is 3.81. The lowest BCUT2D eigenvalue weighted by Crippen LogP contribution is -2.26. The monoisotopic (exact) mass is 274 g/mol. The van der Waals surface area contributed by atoms with Gasteiger partial charge in [-0.2, -0.15) is 0 Å². The molecule has 6 nitrogen and oxygen atoms in total. The molecule has 0 radical (unpaired) electrons. The van der Waals surface area contributed by atoms with Crippen molar-refractivity contribution in [2.45, 2.75) is 45.2 Å². The second kappa shape index (κ2) is 4.77. The van der Waals surface area contributed by atoms with Crippen molar-refractivity contribution in [3.63, 3.8) is 0 Å². The quantitative estimate of drug-likeness (QED) is 0.794. The fourth-order valence-electron chi connectivity index (χ4n) is 2.85. The molecule has 1 fully saturated rings. The van der Waals surface area contributed by atoms with Crippen LogP contribution in [0.5, 0.6) is 0 Å². The van der Waals surface area contributed by atoms with Crippen LogP contribution in [0.4, 0.5) is 0 Å². The van der Waals surface area contributed by atoms with Crippen LogP contribution in [0.3, 0.4) is 0 Å².